The minimum atomic E-state index is -0.0524. The maximum atomic E-state index is 12.1. The third-order valence-electron chi connectivity index (χ3n) is 2.40. The van der Waals surface area contributed by atoms with Gasteiger partial charge in [0.05, 0.1) is 12.2 Å². The molecule has 1 aromatic carbocycles. The SMILES string of the molecule is CCOc1cccc(C(=O)c2coc(C)c2)c1. The molecule has 2 aromatic rings. The van der Waals surface area contributed by atoms with E-state index < -0.39 is 0 Å². The van der Waals surface area contributed by atoms with Crippen LogP contribution in [-0.2, 0) is 0 Å². The summed E-state index contributed by atoms with van der Waals surface area (Å²) in [5.41, 5.74) is 1.17. The molecule has 0 saturated heterocycles. The van der Waals surface area contributed by atoms with Gasteiger partial charge in [0.1, 0.15) is 17.8 Å². The van der Waals surface area contributed by atoms with Crippen molar-refractivity contribution in [3.63, 3.8) is 0 Å². The monoisotopic (exact) mass is 230 g/mol. The van der Waals surface area contributed by atoms with Gasteiger partial charge in [0.2, 0.25) is 0 Å². The molecule has 0 saturated carbocycles. The smallest absolute Gasteiger partial charge is 0.196 e. The van der Waals surface area contributed by atoms with Crippen molar-refractivity contribution in [2.75, 3.05) is 6.61 Å². The summed E-state index contributed by atoms with van der Waals surface area (Å²) in [7, 11) is 0. The number of ether oxygens (including phenoxy) is 1. The average molecular weight is 230 g/mol. The van der Waals surface area contributed by atoms with Crippen LogP contribution in [0, 0.1) is 6.92 Å². The third kappa shape index (κ3) is 2.56. The maximum absolute atomic E-state index is 12.1. The summed E-state index contributed by atoms with van der Waals surface area (Å²) >= 11 is 0. The summed E-state index contributed by atoms with van der Waals surface area (Å²) in [6.45, 7) is 4.31. The lowest BCUT2D eigenvalue weighted by Gasteiger charge is -2.04. The zero-order chi connectivity index (χ0) is 12.3. The molecule has 0 spiro atoms. The lowest BCUT2D eigenvalue weighted by molar-refractivity contribution is 0.103. The van der Waals surface area contributed by atoms with Crippen molar-refractivity contribution < 1.29 is 13.9 Å². The highest BCUT2D eigenvalue weighted by Crippen LogP contribution is 2.17. The predicted molar refractivity (Wildman–Crippen MR) is 64.5 cm³/mol. The summed E-state index contributed by atoms with van der Waals surface area (Å²) in [6.07, 6.45) is 1.48. The zero-order valence-corrected chi connectivity index (χ0v) is 9.90. The predicted octanol–water partition coefficient (Wildman–Crippen LogP) is 3.22. The van der Waals surface area contributed by atoms with E-state index >= 15 is 0 Å². The first-order valence-corrected chi connectivity index (χ1v) is 5.53. The van der Waals surface area contributed by atoms with E-state index in [0.717, 1.165) is 5.76 Å². The highest BCUT2D eigenvalue weighted by Gasteiger charge is 2.12. The molecule has 88 valence electrons. The van der Waals surface area contributed by atoms with E-state index in [9.17, 15) is 4.79 Å². The minimum absolute atomic E-state index is 0.0524. The number of rotatable bonds is 4. The van der Waals surface area contributed by atoms with Gasteiger partial charge >= 0.3 is 0 Å². The molecule has 0 atom stereocenters. The van der Waals surface area contributed by atoms with Crippen LogP contribution >= 0.6 is 0 Å². The molecule has 3 nitrogen and oxygen atoms in total. The van der Waals surface area contributed by atoms with Crippen molar-refractivity contribution >= 4 is 5.78 Å². The number of furan rings is 1. The largest absolute Gasteiger partial charge is 0.494 e. The molecule has 17 heavy (non-hydrogen) atoms. The van der Waals surface area contributed by atoms with Crippen LogP contribution in [-0.4, -0.2) is 12.4 Å². The number of carbonyl (C=O) groups is 1. The maximum Gasteiger partial charge on any atom is 0.196 e. The normalized spacial score (nSPS) is 10.2. The second kappa shape index (κ2) is 4.87. The first-order chi connectivity index (χ1) is 8.20. The van der Waals surface area contributed by atoms with Gasteiger partial charge in [0.25, 0.3) is 0 Å². The third-order valence-corrected chi connectivity index (χ3v) is 2.40. The molecule has 0 unspecified atom stereocenters. The van der Waals surface area contributed by atoms with E-state index in [1.54, 1.807) is 18.2 Å². The Balaban J connectivity index is 2.27. The van der Waals surface area contributed by atoms with Crippen LogP contribution in [0.4, 0.5) is 0 Å². The molecular weight excluding hydrogens is 216 g/mol. The van der Waals surface area contributed by atoms with Crippen molar-refractivity contribution in [2.45, 2.75) is 13.8 Å². The summed E-state index contributed by atoms with van der Waals surface area (Å²) in [5.74, 6) is 1.39. The van der Waals surface area contributed by atoms with Gasteiger partial charge in [-0.15, -0.1) is 0 Å². The molecule has 0 radical (unpaired) electrons. The van der Waals surface area contributed by atoms with Crippen molar-refractivity contribution in [2.24, 2.45) is 0 Å². The lowest BCUT2D eigenvalue weighted by Crippen LogP contribution is -2.00. The van der Waals surface area contributed by atoms with Crippen LogP contribution in [0.15, 0.2) is 41.0 Å². The van der Waals surface area contributed by atoms with E-state index in [1.165, 1.54) is 6.26 Å². The first-order valence-electron chi connectivity index (χ1n) is 5.53. The van der Waals surface area contributed by atoms with Gasteiger partial charge in [0, 0.05) is 5.56 Å². The molecule has 0 bridgehead atoms. The Morgan fingerprint density at radius 2 is 2.12 bits per heavy atom. The Labute approximate surface area is 100 Å². The number of hydrogen-bond acceptors (Lipinski definition) is 3. The van der Waals surface area contributed by atoms with Gasteiger partial charge < -0.3 is 9.15 Å². The molecular formula is C14H14O3. The van der Waals surface area contributed by atoms with Crippen molar-refractivity contribution in [1.29, 1.82) is 0 Å². The minimum Gasteiger partial charge on any atom is -0.494 e. The molecule has 2 rings (SSSR count). The molecule has 3 heteroatoms. The van der Waals surface area contributed by atoms with Crippen LogP contribution in [0.3, 0.4) is 0 Å². The molecule has 0 fully saturated rings. The summed E-state index contributed by atoms with van der Waals surface area (Å²) in [6, 6.07) is 8.89. The summed E-state index contributed by atoms with van der Waals surface area (Å²) in [4.78, 5) is 12.1. The quantitative estimate of drug-likeness (QED) is 0.757. The number of aryl methyl sites for hydroxylation is 1. The molecule has 1 heterocycles. The van der Waals surface area contributed by atoms with E-state index in [0.29, 0.717) is 23.5 Å². The van der Waals surface area contributed by atoms with Crippen LogP contribution in [0.2, 0.25) is 0 Å². The van der Waals surface area contributed by atoms with Gasteiger partial charge in [-0.25, -0.2) is 0 Å². The van der Waals surface area contributed by atoms with E-state index in [4.69, 9.17) is 9.15 Å². The lowest BCUT2D eigenvalue weighted by atomic mass is 10.1. The van der Waals surface area contributed by atoms with E-state index in [1.807, 2.05) is 26.0 Å². The Morgan fingerprint density at radius 1 is 1.29 bits per heavy atom. The van der Waals surface area contributed by atoms with Crippen LogP contribution in [0.5, 0.6) is 5.75 Å². The summed E-state index contributed by atoms with van der Waals surface area (Å²) < 4.78 is 10.5. The van der Waals surface area contributed by atoms with Crippen molar-refractivity contribution in [1.82, 2.24) is 0 Å². The van der Waals surface area contributed by atoms with E-state index in [2.05, 4.69) is 0 Å². The highest BCUT2D eigenvalue weighted by molar-refractivity contribution is 6.09. The fraction of sp³-hybridized carbons (Fsp3) is 0.214. The molecule has 0 aliphatic carbocycles. The van der Waals surface area contributed by atoms with Crippen LogP contribution < -0.4 is 4.74 Å². The molecule has 0 aliphatic heterocycles. The number of carbonyl (C=O) groups excluding carboxylic acids is 1. The Morgan fingerprint density at radius 3 is 2.76 bits per heavy atom. The number of benzene rings is 1. The van der Waals surface area contributed by atoms with E-state index in [-0.39, 0.29) is 5.78 Å². The van der Waals surface area contributed by atoms with Crippen LogP contribution in [0.25, 0.3) is 0 Å². The Hall–Kier alpha value is -2.03. The van der Waals surface area contributed by atoms with Gasteiger partial charge in [-0.3, -0.25) is 4.79 Å². The highest BCUT2D eigenvalue weighted by atomic mass is 16.5. The molecule has 0 amide bonds. The molecule has 0 N–H and O–H groups in total. The average Bonchev–Trinajstić information content (AvgIpc) is 2.76. The van der Waals surface area contributed by atoms with Gasteiger partial charge in [-0.2, -0.15) is 0 Å². The zero-order valence-electron chi connectivity index (χ0n) is 9.90. The van der Waals surface area contributed by atoms with Crippen molar-refractivity contribution in [3.05, 3.63) is 53.5 Å². The molecule has 1 aromatic heterocycles. The Kier molecular flexibility index (Phi) is 3.28. The second-order valence-corrected chi connectivity index (χ2v) is 3.74. The Bertz CT molecular complexity index is 526. The fourth-order valence-electron chi connectivity index (χ4n) is 1.62. The van der Waals surface area contributed by atoms with Gasteiger partial charge in [-0.1, -0.05) is 12.1 Å². The van der Waals surface area contributed by atoms with Crippen molar-refractivity contribution in [3.8, 4) is 5.75 Å². The summed E-state index contributed by atoms with van der Waals surface area (Å²) in [5, 5.41) is 0. The topological polar surface area (TPSA) is 39.4 Å². The van der Waals surface area contributed by atoms with Gasteiger partial charge in [-0.05, 0) is 32.0 Å². The molecule has 0 aliphatic rings. The van der Waals surface area contributed by atoms with Gasteiger partial charge in [0.15, 0.2) is 5.78 Å². The first kappa shape index (κ1) is 11.5. The second-order valence-electron chi connectivity index (χ2n) is 3.74. The van der Waals surface area contributed by atoms with Crippen LogP contribution in [0.1, 0.15) is 28.6 Å². The number of ketones is 1. The fourth-order valence-corrected chi connectivity index (χ4v) is 1.62. The number of hydrogen-bond donors (Lipinski definition) is 0. The standard InChI is InChI=1S/C14H14O3/c1-3-16-13-6-4-5-11(8-13)14(15)12-7-10(2)17-9-12/h4-9H,3H2,1-2H3.